The predicted molar refractivity (Wildman–Crippen MR) is 86.8 cm³/mol. The van der Waals surface area contributed by atoms with E-state index in [9.17, 15) is 0 Å². The maximum atomic E-state index is 5.83. The summed E-state index contributed by atoms with van der Waals surface area (Å²) in [6, 6.07) is 2.20. The molecule has 1 aromatic rings. The Morgan fingerprint density at radius 2 is 2.05 bits per heavy atom. The lowest BCUT2D eigenvalue weighted by Gasteiger charge is -2.20. The van der Waals surface area contributed by atoms with Gasteiger partial charge in [0.25, 0.3) is 0 Å². The fraction of sp³-hybridized carbons (Fsp3) is 0.667. The second kappa shape index (κ2) is 8.95. The number of hydrogen-bond acceptors (Lipinski definition) is 7. The molecular weight excluding hydrogens is 315 g/mol. The molecule has 114 valence electrons. The van der Waals surface area contributed by atoms with Crippen molar-refractivity contribution in [3.05, 3.63) is 17.5 Å². The van der Waals surface area contributed by atoms with Gasteiger partial charge in [0.2, 0.25) is 5.69 Å². The SMILES string of the molecule is CCCS[P@@](=S)(OCC)OCc1cc(C)nc(OC)n1. The summed E-state index contributed by atoms with van der Waals surface area (Å²) in [6.45, 7) is 6.79. The third-order valence-corrected chi connectivity index (χ3v) is 7.82. The molecule has 0 spiro atoms. The molecule has 0 aliphatic carbocycles. The van der Waals surface area contributed by atoms with E-state index < -0.39 is 5.69 Å². The van der Waals surface area contributed by atoms with E-state index in [1.165, 1.54) is 0 Å². The monoisotopic (exact) mass is 336 g/mol. The van der Waals surface area contributed by atoms with Crippen molar-refractivity contribution in [1.29, 1.82) is 0 Å². The molecule has 1 rings (SSSR count). The van der Waals surface area contributed by atoms with Crippen LogP contribution in [0.1, 0.15) is 31.7 Å². The van der Waals surface area contributed by atoms with Crippen molar-refractivity contribution in [2.24, 2.45) is 0 Å². The first-order chi connectivity index (χ1) is 9.53. The summed E-state index contributed by atoms with van der Waals surface area (Å²) in [5.41, 5.74) is -0.706. The molecule has 0 saturated heterocycles. The average molecular weight is 336 g/mol. The van der Waals surface area contributed by atoms with Crippen molar-refractivity contribution in [1.82, 2.24) is 9.97 Å². The Morgan fingerprint density at radius 3 is 2.65 bits per heavy atom. The van der Waals surface area contributed by atoms with Gasteiger partial charge in [0.05, 0.1) is 26.0 Å². The summed E-state index contributed by atoms with van der Waals surface area (Å²) < 4.78 is 16.5. The molecule has 5 nitrogen and oxygen atoms in total. The first kappa shape index (κ1) is 17.9. The maximum Gasteiger partial charge on any atom is 0.316 e. The number of nitrogens with zero attached hydrogens (tertiary/aromatic N) is 2. The lowest BCUT2D eigenvalue weighted by atomic mass is 10.3. The van der Waals surface area contributed by atoms with Crippen LogP contribution in [0.4, 0.5) is 0 Å². The van der Waals surface area contributed by atoms with Gasteiger partial charge in [-0.25, -0.2) is 4.98 Å². The van der Waals surface area contributed by atoms with Crippen molar-refractivity contribution >= 4 is 28.9 Å². The minimum Gasteiger partial charge on any atom is -0.467 e. The molecule has 0 saturated carbocycles. The second-order valence-electron chi connectivity index (χ2n) is 3.96. The van der Waals surface area contributed by atoms with Crippen molar-refractivity contribution < 1.29 is 13.8 Å². The zero-order chi connectivity index (χ0) is 15.0. The molecule has 20 heavy (non-hydrogen) atoms. The number of ether oxygens (including phenoxy) is 1. The fourth-order valence-electron chi connectivity index (χ4n) is 1.39. The molecule has 0 amide bonds. The molecule has 1 aromatic heterocycles. The normalized spacial score (nSPS) is 14.0. The van der Waals surface area contributed by atoms with Crippen LogP contribution in [0, 0.1) is 6.92 Å². The van der Waals surface area contributed by atoms with Crippen LogP contribution in [0.5, 0.6) is 6.01 Å². The molecule has 0 radical (unpaired) electrons. The third-order valence-electron chi connectivity index (χ3n) is 2.18. The number of aromatic nitrogens is 2. The molecule has 0 unspecified atom stereocenters. The fourth-order valence-corrected chi connectivity index (χ4v) is 5.91. The van der Waals surface area contributed by atoms with Gasteiger partial charge in [-0.05, 0) is 38.1 Å². The van der Waals surface area contributed by atoms with Gasteiger partial charge in [-0.3, -0.25) is 0 Å². The Bertz CT molecular complexity index is 474. The maximum absolute atomic E-state index is 5.83. The molecule has 0 aliphatic rings. The van der Waals surface area contributed by atoms with E-state index in [1.807, 2.05) is 19.9 Å². The summed E-state index contributed by atoms with van der Waals surface area (Å²) in [4.78, 5) is 8.38. The highest BCUT2D eigenvalue weighted by atomic mass is 32.9. The van der Waals surface area contributed by atoms with Gasteiger partial charge in [-0.2, -0.15) is 4.98 Å². The van der Waals surface area contributed by atoms with Crippen LogP contribution < -0.4 is 4.74 Å². The van der Waals surface area contributed by atoms with Crippen molar-refractivity contribution in [2.75, 3.05) is 19.5 Å². The summed E-state index contributed by atoms with van der Waals surface area (Å²) in [7, 11) is 1.54. The van der Waals surface area contributed by atoms with E-state index in [0.717, 1.165) is 23.6 Å². The molecule has 0 aromatic carbocycles. The summed E-state index contributed by atoms with van der Waals surface area (Å²) in [5, 5.41) is 0. The average Bonchev–Trinajstić information content (AvgIpc) is 2.43. The molecule has 1 heterocycles. The Hall–Kier alpha value is -0.200. The largest absolute Gasteiger partial charge is 0.467 e. The van der Waals surface area contributed by atoms with Crippen LogP contribution in [0.25, 0.3) is 0 Å². The van der Waals surface area contributed by atoms with Crippen LogP contribution in [-0.2, 0) is 27.5 Å². The van der Waals surface area contributed by atoms with Crippen LogP contribution in [0.3, 0.4) is 0 Å². The van der Waals surface area contributed by atoms with Crippen molar-refractivity contribution in [3.8, 4) is 6.01 Å². The van der Waals surface area contributed by atoms with Gasteiger partial charge in [-0.15, -0.1) is 0 Å². The first-order valence-electron chi connectivity index (χ1n) is 6.45. The molecule has 1 atom stereocenters. The molecule has 0 aliphatic heterocycles. The summed E-state index contributed by atoms with van der Waals surface area (Å²) >= 11 is 7.10. The van der Waals surface area contributed by atoms with Crippen molar-refractivity contribution in [3.63, 3.8) is 0 Å². The molecule has 0 N–H and O–H groups in total. The Labute approximate surface area is 129 Å². The topological polar surface area (TPSA) is 53.5 Å². The minimum absolute atomic E-state index is 0.313. The van der Waals surface area contributed by atoms with Crippen LogP contribution in [0.2, 0.25) is 0 Å². The van der Waals surface area contributed by atoms with E-state index in [1.54, 1.807) is 18.5 Å². The van der Waals surface area contributed by atoms with E-state index in [-0.39, 0.29) is 0 Å². The van der Waals surface area contributed by atoms with Crippen molar-refractivity contribution in [2.45, 2.75) is 33.8 Å². The zero-order valence-corrected chi connectivity index (χ0v) is 14.8. The lowest BCUT2D eigenvalue weighted by Crippen LogP contribution is -2.01. The Morgan fingerprint density at radius 1 is 1.30 bits per heavy atom. The van der Waals surface area contributed by atoms with Gasteiger partial charge in [0, 0.05) is 11.4 Å². The smallest absolute Gasteiger partial charge is 0.316 e. The predicted octanol–water partition coefficient (Wildman–Crippen LogP) is 3.71. The third kappa shape index (κ3) is 6.06. The van der Waals surface area contributed by atoms with Gasteiger partial charge < -0.3 is 13.8 Å². The minimum atomic E-state index is -2.29. The number of methoxy groups -OCH3 is 1. The molecule has 0 fully saturated rings. The van der Waals surface area contributed by atoms with Crippen LogP contribution in [0.15, 0.2) is 6.07 Å². The first-order valence-corrected chi connectivity index (χ1v) is 10.7. The second-order valence-corrected chi connectivity index (χ2v) is 10.4. The van der Waals surface area contributed by atoms with E-state index >= 15 is 0 Å². The quantitative estimate of drug-likeness (QED) is 0.637. The standard InChI is InChI=1S/C12H21N2O3PS2/c1-5-7-20-18(19,16-6-2)17-9-11-8-10(3)13-12(14-11)15-4/h8H,5-7,9H2,1-4H3/t18-/m0/s1. The van der Waals surface area contributed by atoms with E-state index in [0.29, 0.717) is 19.2 Å². The number of rotatable bonds is 9. The van der Waals surface area contributed by atoms with E-state index in [4.69, 9.17) is 25.6 Å². The molecular formula is C12H21N2O3PS2. The highest BCUT2D eigenvalue weighted by Gasteiger charge is 2.19. The Balaban J connectivity index is 2.71. The molecule has 8 heteroatoms. The number of hydrogen-bond donors (Lipinski definition) is 0. The highest BCUT2D eigenvalue weighted by Crippen LogP contribution is 2.61. The van der Waals surface area contributed by atoms with Gasteiger partial charge in [0.1, 0.15) is 0 Å². The number of aryl methyl sites for hydroxylation is 1. The summed E-state index contributed by atoms with van der Waals surface area (Å²) in [6.07, 6.45) is 1.04. The molecule has 0 bridgehead atoms. The van der Waals surface area contributed by atoms with Gasteiger partial charge in [-0.1, -0.05) is 18.3 Å². The van der Waals surface area contributed by atoms with Crippen LogP contribution >= 0.6 is 17.1 Å². The van der Waals surface area contributed by atoms with E-state index in [2.05, 4.69) is 16.9 Å². The van der Waals surface area contributed by atoms with Crippen LogP contribution in [-0.4, -0.2) is 29.4 Å². The summed E-state index contributed by atoms with van der Waals surface area (Å²) in [5.74, 6) is 0.934. The van der Waals surface area contributed by atoms with Gasteiger partial charge in [0.15, 0.2) is 0 Å². The zero-order valence-electron chi connectivity index (χ0n) is 12.3. The highest BCUT2D eigenvalue weighted by molar-refractivity contribution is 8.67. The Kier molecular flexibility index (Phi) is 7.99. The van der Waals surface area contributed by atoms with Gasteiger partial charge >= 0.3 is 6.01 Å². The lowest BCUT2D eigenvalue weighted by molar-refractivity contribution is 0.257.